The second-order valence-electron chi connectivity index (χ2n) is 5.40. The highest BCUT2D eigenvalue weighted by Crippen LogP contribution is 2.25. The van der Waals surface area contributed by atoms with E-state index in [4.69, 9.17) is 23.2 Å². The van der Waals surface area contributed by atoms with Gasteiger partial charge in [0.25, 0.3) is 0 Å². The molecule has 0 radical (unpaired) electrons. The van der Waals surface area contributed by atoms with Crippen molar-refractivity contribution < 1.29 is 9.59 Å². The van der Waals surface area contributed by atoms with Gasteiger partial charge in [0.1, 0.15) is 0 Å². The molecule has 0 unspecified atom stereocenters. The van der Waals surface area contributed by atoms with Crippen molar-refractivity contribution in [1.82, 2.24) is 0 Å². The summed E-state index contributed by atoms with van der Waals surface area (Å²) in [4.78, 5) is 23.7. The van der Waals surface area contributed by atoms with Crippen LogP contribution >= 0.6 is 23.2 Å². The van der Waals surface area contributed by atoms with Crippen LogP contribution in [-0.4, -0.2) is 18.4 Å². The van der Waals surface area contributed by atoms with Crippen LogP contribution in [0, 0.1) is 0 Å². The smallest absolute Gasteiger partial charge is 0.243 e. The van der Waals surface area contributed by atoms with Crippen LogP contribution in [0.3, 0.4) is 0 Å². The largest absolute Gasteiger partial charge is 0.376 e. The van der Waals surface area contributed by atoms with Crippen LogP contribution in [-0.2, 0) is 9.59 Å². The third-order valence-electron chi connectivity index (χ3n) is 3.28. The van der Waals surface area contributed by atoms with Crippen molar-refractivity contribution >= 4 is 52.1 Å². The Balaban J connectivity index is 1.90. The van der Waals surface area contributed by atoms with E-state index in [1.807, 2.05) is 13.0 Å². The number of halogens is 2. The third kappa shape index (κ3) is 6.29. The molecule has 2 aromatic carbocycles. The number of hydrogen-bond donors (Lipinski definition) is 3. The fraction of sp³-hybridized carbons (Fsp3) is 0.222. The highest BCUT2D eigenvalue weighted by atomic mass is 35.5. The van der Waals surface area contributed by atoms with Gasteiger partial charge in [0.05, 0.1) is 17.3 Å². The van der Waals surface area contributed by atoms with Gasteiger partial charge >= 0.3 is 0 Å². The van der Waals surface area contributed by atoms with Gasteiger partial charge in [0.2, 0.25) is 11.8 Å². The van der Waals surface area contributed by atoms with Crippen molar-refractivity contribution in [3.8, 4) is 0 Å². The molecule has 0 fully saturated rings. The standard InChI is InChI=1S/C18H19Cl2N3O2/c1-2-4-17(24)22-14-6-3-5-13(10-14)21-11-18(25)23-16-8-7-12(19)9-15(16)20/h3,5-10,21H,2,4,11H2,1H3,(H,22,24)(H,23,25). The van der Waals surface area contributed by atoms with Crippen LogP contribution in [0.1, 0.15) is 19.8 Å². The van der Waals surface area contributed by atoms with Gasteiger partial charge in [-0.1, -0.05) is 36.2 Å². The summed E-state index contributed by atoms with van der Waals surface area (Å²) in [5.41, 5.74) is 1.91. The lowest BCUT2D eigenvalue weighted by atomic mass is 10.2. The molecule has 0 heterocycles. The number of carbonyl (C=O) groups is 2. The highest BCUT2D eigenvalue weighted by molar-refractivity contribution is 6.36. The SMILES string of the molecule is CCCC(=O)Nc1cccc(NCC(=O)Nc2ccc(Cl)cc2Cl)c1. The fourth-order valence-electron chi connectivity index (χ4n) is 2.13. The predicted molar refractivity (Wildman–Crippen MR) is 104 cm³/mol. The molecule has 0 bridgehead atoms. The Hall–Kier alpha value is -2.24. The number of nitrogens with one attached hydrogen (secondary N) is 3. The lowest BCUT2D eigenvalue weighted by molar-refractivity contribution is -0.116. The van der Waals surface area contributed by atoms with E-state index in [9.17, 15) is 9.59 Å². The van der Waals surface area contributed by atoms with E-state index in [0.717, 1.165) is 12.1 Å². The minimum absolute atomic E-state index is 0.0326. The van der Waals surface area contributed by atoms with E-state index >= 15 is 0 Å². The molecule has 2 amide bonds. The van der Waals surface area contributed by atoms with Gasteiger partial charge in [0.15, 0.2) is 0 Å². The summed E-state index contributed by atoms with van der Waals surface area (Å²) in [7, 11) is 0. The van der Waals surface area contributed by atoms with E-state index in [1.165, 1.54) is 0 Å². The first-order valence-electron chi connectivity index (χ1n) is 7.86. The van der Waals surface area contributed by atoms with Crippen molar-refractivity contribution in [1.29, 1.82) is 0 Å². The van der Waals surface area contributed by atoms with Gasteiger partial charge in [-0.15, -0.1) is 0 Å². The molecule has 3 N–H and O–H groups in total. The van der Waals surface area contributed by atoms with Gasteiger partial charge in [0, 0.05) is 22.8 Å². The fourth-order valence-corrected chi connectivity index (χ4v) is 2.58. The maximum Gasteiger partial charge on any atom is 0.243 e. The number of hydrogen-bond acceptors (Lipinski definition) is 3. The average Bonchev–Trinajstić information content (AvgIpc) is 2.56. The maximum atomic E-state index is 12.0. The number of benzene rings is 2. The van der Waals surface area contributed by atoms with Crippen LogP contribution in [0.2, 0.25) is 10.0 Å². The zero-order chi connectivity index (χ0) is 18.2. The maximum absolute atomic E-state index is 12.0. The van der Waals surface area contributed by atoms with Gasteiger partial charge in [-0.2, -0.15) is 0 Å². The molecule has 2 aromatic rings. The Labute approximate surface area is 156 Å². The average molecular weight is 380 g/mol. The van der Waals surface area contributed by atoms with Gasteiger partial charge in [-0.3, -0.25) is 9.59 Å². The van der Waals surface area contributed by atoms with Gasteiger partial charge in [-0.05, 0) is 42.8 Å². The molecule has 0 aliphatic heterocycles. The highest BCUT2D eigenvalue weighted by Gasteiger charge is 2.07. The molecule has 5 nitrogen and oxygen atoms in total. The number of carbonyl (C=O) groups excluding carboxylic acids is 2. The van der Waals surface area contributed by atoms with E-state index in [0.29, 0.717) is 27.8 Å². The normalized spacial score (nSPS) is 10.2. The summed E-state index contributed by atoms with van der Waals surface area (Å²) >= 11 is 11.9. The summed E-state index contributed by atoms with van der Waals surface area (Å²) in [6.07, 6.45) is 1.26. The lowest BCUT2D eigenvalue weighted by Gasteiger charge is -2.11. The van der Waals surface area contributed by atoms with Crippen molar-refractivity contribution in [3.05, 3.63) is 52.5 Å². The summed E-state index contributed by atoms with van der Waals surface area (Å²) in [6, 6.07) is 12.1. The zero-order valence-corrected chi connectivity index (χ0v) is 15.2. The van der Waals surface area contributed by atoms with E-state index in [2.05, 4.69) is 16.0 Å². The molecule has 0 atom stereocenters. The van der Waals surface area contributed by atoms with Crippen LogP contribution in [0.5, 0.6) is 0 Å². The second kappa shape index (κ2) is 9.30. The molecule has 25 heavy (non-hydrogen) atoms. The molecule has 0 aliphatic carbocycles. The Morgan fingerprint density at radius 3 is 2.44 bits per heavy atom. The first-order chi connectivity index (χ1) is 12.0. The Bertz CT molecular complexity index is 766. The van der Waals surface area contributed by atoms with Gasteiger partial charge < -0.3 is 16.0 Å². The molecule has 0 aromatic heterocycles. The minimum Gasteiger partial charge on any atom is -0.376 e. The molecular weight excluding hydrogens is 361 g/mol. The summed E-state index contributed by atoms with van der Waals surface area (Å²) in [5, 5.41) is 9.41. The molecule has 0 aliphatic rings. The number of rotatable bonds is 7. The van der Waals surface area contributed by atoms with Crippen molar-refractivity contribution in [2.45, 2.75) is 19.8 Å². The van der Waals surface area contributed by atoms with Gasteiger partial charge in [-0.25, -0.2) is 0 Å². The molecule has 0 saturated heterocycles. The Morgan fingerprint density at radius 2 is 1.72 bits per heavy atom. The quantitative estimate of drug-likeness (QED) is 0.647. The van der Waals surface area contributed by atoms with Crippen molar-refractivity contribution in [2.75, 3.05) is 22.5 Å². The van der Waals surface area contributed by atoms with Crippen LogP contribution in [0.4, 0.5) is 17.1 Å². The number of anilines is 3. The molecule has 132 valence electrons. The molecule has 7 heteroatoms. The Kier molecular flexibility index (Phi) is 7.10. The first kappa shape index (κ1) is 19.1. The van der Waals surface area contributed by atoms with Crippen molar-refractivity contribution in [2.24, 2.45) is 0 Å². The zero-order valence-electron chi connectivity index (χ0n) is 13.7. The molecule has 2 rings (SSSR count). The Morgan fingerprint density at radius 1 is 0.960 bits per heavy atom. The molecule has 0 saturated carbocycles. The minimum atomic E-state index is -0.246. The van der Waals surface area contributed by atoms with Crippen LogP contribution in [0.15, 0.2) is 42.5 Å². The predicted octanol–water partition coefficient (Wildman–Crippen LogP) is 4.78. The molecular formula is C18H19Cl2N3O2. The first-order valence-corrected chi connectivity index (χ1v) is 8.62. The topological polar surface area (TPSA) is 70.2 Å². The van der Waals surface area contributed by atoms with E-state index in [1.54, 1.807) is 36.4 Å². The summed E-state index contributed by atoms with van der Waals surface area (Å²) in [5.74, 6) is -0.278. The van der Waals surface area contributed by atoms with Crippen LogP contribution in [0.25, 0.3) is 0 Å². The number of amides is 2. The van der Waals surface area contributed by atoms with E-state index in [-0.39, 0.29) is 18.4 Å². The lowest BCUT2D eigenvalue weighted by Crippen LogP contribution is -2.22. The summed E-state index contributed by atoms with van der Waals surface area (Å²) < 4.78 is 0. The molecule has 0 spiro atoms. The summed E-state index contributed by atoms with van der Waals surface area (Å²) in [6.45, 7) is 2.01. The third-order valence-corrected chi connectivity index (χ3v) is 3.83. The van der Waals surface area contributed by atoms with Crippen molar-refractivity contribution in [3.63, 3.8) is 0 Å². The second-order valence-corrected chi connectivity index (χ2v) is 6.25. The van der Waals surface area contributed by atoms with Crippen LogP contribution < -0.4 is 16.0 Å². The monoisotopic (exact) mass is 379 g/mol. The van der Waals surface area contributed by atoms with E-state index < -0.39 is 0 Å².